The third-order valence-corrected chi connectivity index (χ3v) is 3.37. The maximum atomic E-state index is 11.4. The van der Waals surface area contributed by atoms with E-state index in [0.717, 1.165) is 19.4 Å². The third-order valence-electron chi connectivity index (χ3n) is 2.11. The van der Waals surface area contributed by atoms with Crippen molar-refractivity contribution in [2.75, 3.05) is 7.11 Å². The highest BCUT2D eigenvalue weighted by Crippen LogP contribution is 2.07. The second-order valence-electron chi connectivity index (χ2n) is 3.25. The first kappa shape index (κ1) is 12.1. The van der Waals surface area contributed by atoms with Crippen LogP contribution in [0.3, 0.4) is 0 Å². The van der Waals surface area contributed by atoms with E-state index < -0.39 is 10.1 Å². The Morgan fingerprint density at radius 3 is 2.80 bits per heavy atom. The van der Waals surface area contributed by atoms with Gasteiger partial charge in [-0.2, -0.15) is 8.42 Å². The Labute approximate surface area is 90.6 Å². The van der Waals surface area contributed by atoms with Crippen LogP contribution in [-0.4, -0.2) is 15.5 Å². The zero-order chi connectivity index (χ0) is 11.3. The molecule has 0 fully saturated rings. The van der Waals surface area contributed by atoms with Gasteiger partial charge in [-0.3, -0.25) is 4.18 Å². The van der Waals surface area contributed by atoms with Gasteiger partial charge in [-0.1, -0.05) is 13.3 Å². The summed E-state index contributed by atoms with van der Waals surface area (Å²) in [5.41, 5.74) is 0. The Kier molecular flexibility index (Phi) is 4.23. The van der Waals surface area contributed by atoms with E-state index in [1.165, 1.54) is 13.2 Å². The summed E-state index contributed by atoms with van der Waals surface area (Å²) >= 11 is 0. The van der Waals surface area contributed by atoms with E-state index in [1.54, 1.807) is 12.3 Å². The van der Waals surface area contributed by atoms with Crippen LogP contribution in [-0.2, 0) is 20.8 Å². The molecule has 0 spiro atoms. The molecular formula is C10H16NO3S+. The summed E-state index contributed by atoms with van der Waals surface area (Å²) in [5, 5.41) is 0. The standard InChI is InChI=1S/C10H16NO3S/c1-3-4-7-11-8-5-6-10(9-11)15(12,13)14-2/h5-6,8-9H,3-4,7H2,1-2H3/q+1. The lowest BCUT2D eigenvalue weighted by molar-refractivity contribution is -0.699. The molecular weight excluding hydrogens is 214 g/mol. The van der Waals surface area contributed by atoms with Crippen molar-refractivity contribution in [1.82, 2.24) is 0 Å². The fourth-order valence-corrected chi connectivity index (χ4v) is 1.92. The number of nitrogens with zero attached hydrogens (tertiary/aromatic N) is 1. The van der Waals surface area contributed by atoms with E-state index >= 15 is 0 Å². The van der Waals surface area contributed by atoms with Crippen molar-refractivity contribution in [2.45, 2.75) is 31.2 Å². The molecule has 0 aliphatic rings. The van der Waals surface area contributed by atoms with Crippen LogP contribution in [0, 0.1) is 0 Å². The number of aromatic nitrogens is 1. The Hall–Kier alpha value is -0.940. The van der Waals surface area contributed by atoms with Crippen molar-refractivity contribution in [3.63, 3.8) is 0 Å². The van der Waals surface area contributed by atoms with E-state index in [0.29, 0.717) is 0 Å². The summed E-state index contributed by atoms with van der Waals surface area (Å²) in [6, 6.07) is 3.24. The molecule has 0 aliphatic heterocycles. The van der Waals surface area contributed by atoms with Gasteiger partial charge in [0.2, 0.25) is 0 Å². The average molecular weight is 230 g/mol. The molecule has 0 bridgehead atoms. The summed E-state index contributed by atoms with van der Waals surface area (Å²) < 4.78 is 29.1. The van der Waals surface area contributed by atoms with Crippen LogP contribution < -0.4 is 4.57 Å². The molecule has 0 saturated carbocycles. The van der Waals surface area contributed by atoms with Crippen LogP contribution in [0.2, 0.25) is 0 Å². The van der Waals surface area contributed by atoms with Crippen LogP contribution in [0.1, 0.15) is 19.8 Å². The van der Waals surface area contributed by atoms with E-state index in [-0.39, 0.29) is 4.90 Å². The molecule has 84 valence electrons. The number of aryl methyl sites for hydroxylation is 1. The lowest BCUT2D eigenvalue weighted by Crippen LogP contribution is -2.33. The Morgan fingerprint density at radius 2 is 2.20 bits per heavy atom. The van der Waals surface area contributed by atoms with Gasteiger partial charge >= 0.3 is 10.1 Å². The molecule has 0 aliphatic carbocycles. The van der Waals surface area contributed by atoms with Gasteiger partial charge in [-0.15, -0.1) is 0 Å². The second kappa shape index (κ2) is 5.23. The first-order chi connectivity index (χ1) is 7.10. The van der Waals surface area contributed by atoms with Crippen molar-refractivity contribution >= 4 is 10.1 Å². The summed E-state index contributed by atoms with van der Waals surface area (Å²) in [5.74, 6) is 0. The molecule has 1 rings (SSSR count). The topological polar surface area (TPSA) is 47.2 Å². The van der Waals surface area contributed by atoms with Gasteiger partial charge in [-0.05, 0) is 6.07 Å². The van der Waals surface area contributed by atoms with Gasteiger partial charge in [0.05, 0.1) is 7.11 Å². The molecule has 0 amide bonds. The number of hydrogen-bond donors (Lipinski definition) is 0. The monoisotopic (exact) mass is 230 g/mol. The molecule has 1 aromatic rings. The smallest absolute Gasteiger partial charge is 0.270 e. The molecule has 0 aromatic carbocycles. The Morgan fingerprint density at radius 1 is 1.47 bits per heavy atom. The first-order valence-electron chi connectivity index (χ1n) is 4.90. The van der Waals surface area contributed by atoms with Gasteiger partial charge in [0.25, 0.3) is 0 Å². The number of rotatable bonds is 5. The highest BCUT2D eigenvalue weighted by atomic mass is 32.2. The van der Waals surface area contributed by atoms with Crippen molar-refractivity contribution in [3.05, 3.63) is 24.5 Å². The Bertz CT molecular complexity index is 414. The van der Waals surface area contributed by atoms with Crippen LogP contribution in [0.4, 0.5) is 0 Å². The zero-order valence-corrected chi connectivity index (χ0v) is 9.83. The summed E-state index contributed by atoms with van der Waals surface area (Å²) in [6.07, 6.45) is 5.55. The van der Waals surface area contributed by atoms with Crippen LogP contribution in [0.25, 0.3) is 0 Å². The van der Waals surface area contributed by atoms with Crippen LogP contribution in [0.5, 0.6) is 0 Å². The largest absolute Gasteiger partial charge is 0.302 e. The lowest BCUT2D eigenvalue weighted by Gasteiger charge is -2.00. The SMILES string of the molecule is CCCC[n+]1cccc(S(=O)(=O)OC)c1. The van der Waals surface area contributed by atoms with E-state index in [1.807, 2.05) is 10.8 Å². The predicted octanol–water partition coefficient (Wildman–Crippen LogP) is 1.11. The van der Waals surface area contributed by atoms with Crippen molar-refractivity contribution in [3.8, 4) is 0 Å². The fourth-order valence-electron chi connectivity index (χ4n) is 1.22. The van der Waals surface area contributed by atoms with Crippen molar-refractivity contribution < 1.29 is 17.2 Å². The second-order valence-corrected chi connectivity index (χ2v) is 4.96. The minimum absolute atomic E-state index is 0.198. The van der Waals surface area contributed by atoms with E-state index in [9.17, 15) is 8.42 Å². The lowest BCUT2D eigenvalue weighted by atomic mass is 10.3. The van der Waals surface area contributed by atoms with Crippen molar-refractivity contribution in [1.29, 1.82) is 0 Å². The summed E-state index contributed by atoms with van der Waals surface area (Å²) in [6.45, 7) is 2.92. The average Bonchev–Trinajstić information content (AvgIpc) is 2.27. The summed E-state index contributed by atoms with van der Waals surface area (Å²) in [7, 11) is -2.40. The Balaban J connectivity index is 2.93. The summed E-state index contributed by atoms with van der Waals surface area (Å²) in [4.78, 5) is 0.198. The quantitative estimate of drug-likeness (QED) is 0.562. The molecule has 0 saturated heterocycles. The van der Waals surface area contributed by atoms with Gasteiger partial charge in [0.15, 0.2) is 17.3 Å². The van der Waals surface area contributed by atoms with Crippen LogP contribution >= 0.6 is 0 Å². The van der Waals surface area contributed by atoms with E-state index in [4.69, 9.17) is 0 Å². The molecule has 0 N–H and O–H groups in total. The number of hydrogen-bond acceptors (Lipinski definition) is 3. The van der Waals surface area contributed by atoms with Gasteiger partial charge in [-0.25, -0.2) is 4.57 Å². The molecule has 1 aromatic heterocycles. The zero-order valence-electron chi connectivity index (χ0n) is 9.01. The van der Waals surface area contributed by atoms with Gasteiger partial charge in [0, 0.05) is 12.5 Å². The highest BCUT2D eigenvalue weighted by molar-refractivity contribution is 7.86. The number of unbranched alkanes of at least 4 members (excludes halogenated alkanes) is 1. The van der Waals surface area contributed by atoms with Gasteiger partial charge < -0.3 is 0 Å². The molecule has 5 heteroatoms. The molecule has 0 unspecified atom stereocenters. The van der Waals surface area contributed by atoms with Crippen LogP contribution in [0.15, 0.2) is 29.4 Å². The predicted molar refractivity (Wildman–Crippen MR) is 55.7 cm³/mol. The van der Waals surface area contributed by atoms with Crippen molar-refractivity contribution in [2.24, 2.45) is 0 Å². The van der Waals surface area contributed by atoms with Gasteiger partial charge in [0.1, 0.15) is 6.54 Å². The van der Waals surface area contributed by atoms with E-state index in [2.05, 4.69) is 11.1 Å². The highest BCUT2D eigenvalue weighted by Gasteiger charge is 2.16. The maximum absolute atomic E-state index is 11.4. The third kappa shape index (κ3) is 3.28. The normalized spacial score (nSPS) is 11.6. The molecule has 1 heterocycles. The molecule has 4 nitrogen and oxygen atoms in total. The first-order valence-corrected chi connectivity index (χ1v) is 6.30. The number of pyridine rings is 1. The molecule has 0 radical (unpaired) electrons. The molecule has 0 atom stereocenters. The minimum atomic E-state index is -3.57. The fraction of sp³-hybridized carbons (Fsp3) is 0.500. The molecule has 15 heavy (non-hydrogen) atoms. The minimum Gasteiger partial charge on any atom is -0.270 e. The maximum Gasteiger partial charge on any atom is 0.302 e.